The Morgan fingerprint density at radius 2 is 2.00 bits per heavy atom. The minimum atomic E-state index is -0.529. The first-order valence-electron chi connectivity index (χ1n) is 10.0. The van der Waals surface area contributed by atoms with Crippen LogP contribution in [0.5, 0.6) is 0 Å². The summed E-state index contributed by atoms with van der Waals surface area (Å²) in [4.78, 5) is 33.5. The average Bonchev–Trinajstić information content (AvgIpc) is 3.21. The molecule has 1 N–H and O–H groups in total. The Labute approximate surface area is 158 Å². The topological polar surface area (TPSA) is 99.8 Å². The smallest absolute Gasteiger partial charge is 0.240 e. The second kappa shape index (κ2) is 7.31. The number of nitrogens with zero attached hydrogens (tertiary/aromatic N) is 4. The molecule has 1 saturated heterocycles. The number of hydrogen-bond acceptors (Lipinski definition) is 7. The third-order valence-electron chi connectivity index (χ3n) is 6.40. The predicted molar refractivity (Wildman–Crippen MR) is 96.0 cm³/mol. The molecule has 2 heterocycles. The fourth-order valence-electron chi connectivity index (χ4n) is 4.29. The van der Waals surface area contributed by atoms with E-state index in [-0.39, 0.29) is 42.2 Å². The second-order valence-corrected chi connectivity index (χ2v) is 8.42. The molecule has 8 nitrogen and oxygen atoms in total. The van der Waals surface area contributed by atoms with E-state index in [1.165, 1.54) is 0 Å². The van der Waals surface area contributed by atoms with Crippen LogP contribution in [0.2, 0.25) is 0 Å². The Balaban J connectivity index is 1.42. The summed E-state index contributed by atoms with van der Waals surface area (Å²) in [6, 6.07) is -0.270. The summed E-state index contributed by atoms with van der Waals surface area (Å²) in [6.07, 6.45) is 7.70. The number of aliphatic hydroxyl groups is 1. The molecule has 1 aromatic rings. The van der Waals surface area contributed by atoms with Gasteiger partial charge >= 0.3 is 0 Å². The van der Waals surface area contributed by atoms with Crippen molar-refractivity contribution < 1.29 is 19.2 Å². The molecule has 1 amide bonds. The molecule has 3 aliphatic rings. The molecule has 1 atom stereocenters. The zero-order chi connectivity index (χ0) is 19.0. The number of aliphatic hydroxyl groups excluding tert-OH is 1. The van der Waals surface area contributed by atoms with E-state index < -0.39 is 6.04 Å². The van der Waals surface area contributed by atoms with Crippen LogP contribution in [0.15, 0.2) is 4.52 Å². The summed E-state index contributed by atoms with van der Waals surface area (Å²) in [7, 11) is 0. The van der Waals surface area contributed by atoms with E-state index in [0.717, 1.165) is 44.9 Å². The van der Waals surface area contributed by atoms with Gasteiger partial charge in [0.1, 0.15) is 0 Å². The fraction of sp³-hybridized carbons (Fsp3) is 0.789. The summed E-state index contributed by atoms with van der Waals surface area (Å²) in [5.74, 6) is 0.258. The Hall–Kier alpha value is -1.80. The van der Waals surface area contributed by atoms with Gasteiger partial charge in [0.05, 0.1) is 19.3 Å². The number of likely N-dealkylation sites (tertiary alicyclic amines) is 1. The van der Waals surface area contributed by atoms with Crippen molar-refractivity contribution in [2.24, 2.45) is 0 Å². The number of ketones is 1. The number of carbonyl (C=O) groups is 2. The van der Waals surface area contributed by atoms with Crippen molar-refractivity contribution in [2.75, 3.05) is 19.8 Å². The summed E-state index contributed by atoms with van der Waals surface area (Å²) in [6.45, 7) is 2.63. The van der Waals surface area contributed by atoms with Crippen LogP contribution in [0.4, 0.5) is 0 Å². The highest BCUT2D eigenvalue weighted by Crippen LogP contribution is 2.46. The van der Waals surface area contributed by atoms with E-state index in [1.807, 2.05) is 11.8 Å². The quantitative estimate of drug-likeness (QED) is 0.568. The summed E-state index contributed by atoms with van der Waals surface area (Å²) < 4.78 is 5.29. The van der Waals surface area contributed by atoms with Crippen LogP contribution < -0.4 is 0 Å². The van der Waals surface area contributed by atoms with Gasteiger partial charge in [0.15, 0.2) is 0 Å². The third-order valence-corrected chi connectivity index (χ3v) is 6.40. The van der Waals surface area contributed by atoms with Crippen LogP contribution in [0, 0.1) is 0 Å². The van der Waals surface area contributed by atoms with Crippen molar-refractivity contribution in [1.82, 2.24) is 19.9 Å². The highest BCUT2D eigenvalue weighted by atomic mass is 16.5. The number of rotatable bonds is 7. The lowest BCUT2D eigenvalue weighted by Gasteiger charge is -2.29. The molecule has 0 spiro atoms. The summed E-state index contributed by atoms with van der Waals surface area (Å²) >= 11 is 0. The molecule has 1 aliphatic heterocycles. The molecule has 8 heteroatoms. The Bertz CT molecular complexity index is 708. The van der Waals surface area contributed by atoms with Gasteiger partial charge in [-0.1, -0.05) is 24.9 Å². The van der Waals surface area contributed by atoms with Crippen LogP contribution in [-0.2, 0) is 10.2 Å². The van der Waals surface area contributed by atoms with Gasteiger partial charge in [-0.25, -0.2) is 0 Å². The summed E-state index contributed by atoms with van der Waals surface area (Å²) in [5.41, 5.74) is -0.0837. The number of Topliss-reactive ketones (excluding diaryl/α,β-unsaturated/α-hetero) is 1. The standard InChI is InChI=1S/C19H28N4O4/c1-19(8-9-19)18-20-17(21-27-18)16(26)14-7-4-10-23(14)15(25)11-22(12-24)13-5-2-3-6-13/h13-14,24H,2-12H2,1H3. The van der Waals surface area contributed by atoms with Crippen molar-refractivity contribution in [3.8, 4) is 0 Å². The van der Waals surface area contributed by atoms with Gasteiger partial charge in [0, 0.05) is 18.0 Å². The normalized spacial score (nSPS) is 24.7. The first kappa shape index (κ1) is 18.6. The second-order valence-electron chi connectivity index (χ2n) is 8.42. The van der Waals surface area contributed by atoms with Crippen molar-refractivity contribution in [3.05, 3.63) is 11.7 Å². The monoisotopic (exact) mass is 376 g/mol. The zero-order valence-corrected chi connectivity index (χ0v) is 15.9. The van der Waals surface area contributed by atoms with Crippen LogP contribution in [-0.4, -0.2) is 68.6 Å². The van der Waals surface area contributed by atoms with Gasteiger partial charge < -0.3 is 14.5 Å². The SMILES string of the molecule is CC1(c2nc(C(=O)C3CCCN3C(=O)CN(CO)C3CCCC3)no2)CC1. The molecule has 0 aromatic carbocycles. The Kier molecular flexibility index (Phi) is 5.03. The Morgan fingerprint density at radius 3 is 2.67 bits per heavy atom. The third kappa shape index (κ3) is 3.65. The van der Waals surface area contributed by atoms with Gasteiger partial charge in [-0.2, -0.15) is 4.98 Å². The number of hydrogen-bond donors (Lipinski definition) is 1. The highest BCUT2D eigenvalue weighted by Gasteiger charge is 2.45. The first-order chi connectivity index (χ1) is 13.0. The van der Waals surface area contributed by atoms with Crippen LogP contribution in [0.25, 0.3) is 0 Å². The maximum atomic E-state index is 12.9. The molecule has 1 aromatic heterocycles. The Morgan fingerprint density at radius 1 is 1.26 bits per heavy atom. The molecule has 3 fully saturated rings. The lowest BCUT2D eigenvalue weighted by molar-refractivity contribution is -0.134. The van der Waals surface area contributed by atoms with Gasteiger partial charge in [-0.3, -0.25) is 14.5 Å². The predicted octanol–water partition coefficient (Wildman–Crippen LogP) is 1.49. The van der Waals surface area contributed by atoms with Crippen molar-refractivity contribution in [3.63, 3.8) is 0 Å². The van der Waals surface area contributed by atoms with Crippen LogP contribution >= 0.6 is 0 Å². The first-order valence-corrected chi connectivity index (χ1v) is 10.0. The molecule has 0 bridgehead atoms. The number of amides is 1. The van der Waals surface area contributed by atoms with E-state index >= 15 is 0 Å². The van der Waals surface area contributed by atoms with E-state index in [2.05, 4.69) is 10.1 Å². The van der Waals surface area contributed by atoms with E-state index in [0.29, 0.717) is 18.9 Å². The molecule has 1 unspecified atom stereocenters. The molecule has 0 radical (unpaired) electrons. The van der Waals surface area contributed by atoms with Crippen molar-refractivity contribution in [2.45, 2.75) is 75.8 Å². The largest absolute Gasteiger partial charge is 0.381 e. The zero-order valence-electron chi connectivity index (χ0n) is 15.9. The minimum Gasteiger partial charge on any atom is -0.381 e. The lowest BCUT2D eigenvalue weighted by atomic mass is 10.1. The van der Waals surface area contributed by atoms with Gasteiger partial charge in [0.2, 0.25) is 23.4 Å². The van der Waals surface area contributed by atoms with Crippen LogP contribution in [0.3, 0.4) is 0 Å². The van der Waals surface area contributed by atoms with Gasteiger partial charge in [-0.05, 0) is 38.5 Å². The number of carbonyl (C=O) groups excluding carboxylic acids is 2. The molecule has 2 aliphatic carbocycles. The molecular weight excluding hydrogens is 348 g/mol. The molecule has 2 saturated carbocycles. The molecule has 4 rings (SSSR count). The molecular formula is C19H28N4O4. The lowest BCUT2D eigenvalue weighted by Crippen LogP contribution is -2.48. The van der Waals surface area contributed by atoms with Gasteiger partial charge in [-0.15, -0.1) is 0 Å². The van der Waals surface area contributed by atoms with E-state index in [4.69, 9.17) is 4.52 Å². The maximum Gasteiger partial charge on any atom is 0.240 e. The number of aromatic nitrogens is 2. The fourth-order valence-corrected chi connectivity index (χ4v) is 4.29. The molecule has 148 valence electrons. The van der Waals surface area contributed by atoms with E-state index in [9.17, 15) is 14.7 Å². The highest BCUT2D eigenvalue weighted by molar-refractivity contribution is 5.99. The summed E-state index contributed by atoms with van der Waals surface area (Å²) in [5, 5.41) is 13.5. The van der Waals surface area contributed by atoms with Gasteiger partial charge in [0.25, 0.3) is 0 Å². The minimum absolute atomic E-state index is 0.0811. The maximum absolute atomic E-state index is 12.9. The van der Waals surface area contributed by atoms with Crippen LogP contribution in [0.1, 0.15) is 74.8 Å². The molecule has 27 heavy (non-hydrogen) atoms. The average molecular weight is 376 g/mol. The van der Waals surface area contributed by atoms with Crippen molar-refractivity contribution >= 4 is 11.7 Å². The van der Waals surface area contributed by atoms with E-state index in [1.54, 1.807) is 4.90 Å². The van der Waals surface area contributed by atoms with Crippen molar-refractivity contribution in [1.29, 1.82) is 0 Å².